The first-order valence-corrected chi connectivity index (χ1v) is 26.1. The number of amides is 4. The number of anilines is 1. The molecule has 1 unspecified atom stereocenters. The summed E-state index contributed by atoms with van der Waals surface area (Å²) in [5.41, 5.74) is 8.49. The van der Waals surface area contributed by atoms with Gasteiger partial charge in [-0.25, -0.2) is 5.43 Å². The van der Waals surface area contributed by atoms with Crippen LogP contribution in [0.25, 0.3) is 22.2 Å². The van der Waals surface area contributed by atoms with E-state index in [9.17, 15) is 24.0 Å². The normalized spacial score (nSPS) is 20.1. The molecule has 4 saturated heterocycles. The minimum Gasteiger partial charge on any atom is -0.464 e. The summed E-state index contributed by atoms with van der Waals surface area (Å²) in [6.45, 7) is 24.4. The van der Waals surface area contributed by atoms with Crippen molar-refractivity contribution in [2.24, 2.45) is 17.3 Å². The summed E-state index contributed by atoms with van der Waals surface area (Å²) in [6.07, 6.45) is 4.76. The van der Waals surface area contributed by atoms with E-state index in [-0.39, 0.29) is 37.0 Å². The van der Waals surface area contributed by atoms with E-state index in [4.69, 9.17) is 19.2 Å². The van der Waals surface area contributed by atoms with Gasteiger partial charge < -0.3 is 38.8 Å². The zero-order chi connectivity index (χ0) is 52.1. The van der Waals surface area contributed by atoms with Crippen LogP contribution < -0.4 is 15.6 Å². The Morgan fingerprint density at radius 3 is 2.38 bits per heavy atom. The maximum absolute atomic E-state index is 13.9. The molecule has 72 heavy (non-hydrogen) atoms. The van der Waals surface area contributed by atoms with Crippen molar-refractivity contribution in [1.29, 1.82) is 0 Å². The number of likely N-dealkylation sites (tertiary alicyclic amines) is 2. The summed E-state index contributed by atoms with van der Waals surface area (Å²) in [6, 6.07) is 8.16. The van der Waals surface area contributed by atoms with Gasteiger partial charge in [0.15, 0.2) is 0 Å². The largest absolute Gasteiger partial charge is 0.464 e. The summed E-state index contributed by atoms with van der Waals surface area (Å²) in [5, 5.41) is 5.38. The van der Waals surface area contributed by atoms with Gasteiger partial charge in [-0.05, 0) is 114 Å². The molecule has 4 aliphatic heterocycles. The molecule has 17 nitrogen and oxygen atoms in total. The number of hydrazine groups is 1. The van der Waals surface area contributed by atoms with E-state index in [1.807, 2.05) is 40.7 Å². The number of nitrogens with zero attached hydrogens (tertiary/aromatic N) is 7. The molecule has 0 bridgehead atoms. The summed E-state index contributed by atoms with van der Waals surface area (Å²) < 4.78 is 20.0. The fourth-order valence-corrected chi connectivity index (χ4v) is 10.6. The number of rotatable bonds is 17. The fraction of sp³-hybridized carbons (Fsp3) is 0.636. The highest BCUT2D eigenvalue weighted by Gasteiger charge is 2.40. The van der Waals surface area contributed by atoms with Crippen LogP contribution in [0, 0.1) is 29.1 Å². The Balaban J connectivity index is 0.980. The van der Waals surface area contributed by atoms with Crippen LogP contribution in [0.3, 0.4) is 0 Å². The first-order chi connectivity index (χ1) is 34.2. The van der Waals surface area contributed by atoms with Gasteiger partial charge in [-0.3, -0.25) is 38.9 Å². The number of fused-ring (bicyclic) bond motifs is 1. The third kappa shape index (κ3) is 12.1. The molecule has 1 aromatic carbocycles. The number of hydrogen-bond donors (Lipinski definition) is 2. The SMILES string of the molecule is CCn1c(-c2cccnc2[C@H](C)OC)c(CC(C)(C)COC(=O)[C@@H]2CCCN(C(=O)[C@H](C)NC(=O)[C@H](C(C)C)N(C)C(=O)C3CCN(C(=O)C#CC(C)(C)N4CCC4)C3)N2)c2cc(N3CCOCC3)ccc21. The average molecular weight is 994 g/mol. The number of carbonyl (C=O) groups excluding carboxylic acids is 5. The molecule has 17 heteroatoms. The van der Waals surface area contributed by atoms with Crippen molar-refractivity contribution in [3.63, 3.8) is 0 Å². The lowest BCUT2D eigenvalue weighted by atomic mass is 9.84. The second-order valence-corrected chi connectivity index (χ2v) is 21.7. The van der Waals surface area contributed by atoms with Crippen molar-refractivity contribution in [2.45, 2.75) is 131 Å². The molecule has 4 aliphatic rings. The third-order valence-electron chi connectivity index (χ3n) is 15.0. The Kier molecular flexibility index (Phi) is 17.4. The summed E-state index contributed by atoms with van der Waals surface area (Å²) in [4.78, 5) is 81.2. The van der Waals surface area contributed by atoms with Gasteiger partial charge in [0.1, 0.15) is 18.1 Å². The van der Waals surface area contributed by atoms with Crippen molar-refractivity contribution >= 4 is 46.2 Å². The third-order valence-corrected chi connectivity index (χ3v) is 15.0. The zero-order valence-electron chi connectivity index (χ0n) is 44.6. The van der Waals surface area contributed by atoms with E-state index < -0.39 is 52.8 Å². The molecular weight excluding hydrogens is 915 g/mol. The van der Waals surface area contributed by atoms with Crippen LogP contribution >= 0.6 is 0 Å². The number of methoxy groups -OCH3 is 1. The number of likely N-dealkylation sites (N-methyl/N-ethyl adjacent to an activating group) is 1. The maximum Gasteiger partial charge on any atom is 0.324 e. The number of carbonyl (C=O) groups is 5. The molecule has 4 fully saturated rings. The molecule has 0 radical (unpaired) electrons. The number of morpholine rings is 1. The average Bonchev–Trinajstić information content (AvgIpc) is 3.96. The molecule has 6 heterocycles. The standard InChI is InChI=1S/C55H79N9O8/c1-12-63-45-19-18-40(60-28-30-71-31-29-60)32-42(45)43(49(63)41-16-13-23-56-47(41)38(5)70-11)33-54(6,7)35-72-53(69)44-17-14-26-64(58-44)51(67)37(4)57-50(66)48(36(2)3)59(10)52(68)39-21-27-61(34-39)46(65)20-22-55(8,9)62-24-15-25-62/h13,16,18-19,23,32,36-39,44,48,58H,12,14-15,17,21,24-31,33-35H2,1-11H3,(H,57,66)/t37-,38-,39?,44-,48-/m0/s1. The van der Waals surface area contributed by atoms with Crippen molar-refractivity contribution in [1.82, 2.24) is 40.0 Å². The molecule has 5 atom stereocenters. The minimum atomic E-state index is -0.961. The number of aromatic nitrogens is 2. The Morgan fingerprint density at radius 2 is 1.71 bits per heavy atom. The van der Waals surface area contributed by atoms with E-state index in [2.05, 4.69) is 82.0 Å². The van der Waals surface area contributed by atoms with Crippen molar-refractivity contribution in [2.75, 3.05) is 84.7 Å². The molecule has 0 saturated carbocycles. The van der Waals surface area contributed by atoms with E-state index in [1.165, 1.54) is 9.91 Å². The van der Waals surface area contributed by atoms with Crippen LogP contribution in [0.2, 0.25) is 0 Å². The first kappa shape index (κ1) is 54.2. The Labute approximate surface area is 426 Å². The number of pyridine rings is 1. The lowest BCUT2D eigenvalue weighted by molar-refractivity contribution is -0.155. The van der Waals surface area contributed by atoms with Crippen LogP contribution in [0.4, 0.5) is 5.69 Å². The van der Waals surface area contributed by atoms with Crippen LogP contribution in [-0.4, -0.2) is 162 Å². The summed E-state index contributed by atoms with van der Waals surface area (Å²) >= 11 is 0. The lowest BCUT2D eigenvalue weighted by Crippen LogP contribution is -2.61. The van der Waals surface area contributed by atoms with E-state index in [0.29, 0.717) is 52.0 Å². The highest BCUT2D eigenvalue weighted by Crippen LogP contribution is 2.42. The van der Waals surface area contributed by atoms with E-state index in [0.717, 1.165) is 78.2 Å². The first-order valence-electron chi connectivity index (χ1n) is 26.1. The van der Waals surface area contributed by atoms with Gasteiger partial charge in [-0.2, -0.15) is 0 Å². The van der Waals surface area contributed by atoms with Crippen LogP contribution in [0.5, 0.6) is 0 Å². The molecular formula is C55H79N9O8. The van der Waals surface area contributed by atoms with E-state index in [1.54, 1.807) is 32.2 Å². The number of nitrogens with one attached hydrogen (secondary N) is 2. The predicted molar refractivity (Wildman–Crippen MR) is 277 cm³/mol. The van der Waals surface area contributed by atoms with Gasteiger partial charge in [0.05, 0.1) is 48.8 Å². The summed E-state index contributed by atoms with van der Waals surface area (Å²) in [7, 11) is 3.30. The predicted octanol–water partition coefficient (Wildman–Crippen LogP) is 5.20. The lowest BCUT2D eigenvalue weighted by Gasteiger charge is -2.41. The Morgan fingerprint density at radius 1 is 0.972 bits per heavy atom. The monoisotopic (exact) mass is 994 g/mol. The minimum absolute atomic E-state index is 0.128. The number of benzene rings is 1. The molecule has 4 amide bonds. The molecule has 392 valence electrons. The fourth-order valence-electron chi connectivity index (χ4n) is 10.6. The van der Waals surface area contributed by atoms with Gasteiger partial charge in [0, 0.05) is 100 Å². The van der Waals surface area contributed by atoms with Crippen molar-refractivity contribution < 1.29 is 38.2 Å². The smallest absolute Gasteiger partial charge is 0.324 e. The van der Waals surface area contributed by atoms with Crippen LogP contribution in [-0.2, 0) is 51.1 Å². The molecule has 3 aromatic rings. The van der Waals surface area contributed by atoms with Crippen LogP contribution in [0.1, 0.15) is 105 Å². The number of hydrogen-bond acceptors (Lipinski definition) is 12. The Bertz CT molecular complexity index is 2520. The zero-order valence-corrected chi connectivity index (χ0v) is 44.6. The highest BCUT2D eigenvalue weighted by atomic mass is 16.5. The molecule has 0 spiro atoms. The van der Waals surface area contributed by atoms with Gasteiger partial charge in [-0.15, -0.1) is 0 Å². The van der Waals surface area contributed by atoms with Crippen molar-refractivity contribution in [3.05, 3.63) is 47.8 Å². The molecule has 7 rings (SSSR count). The van der Waals surface area contributed by atoms with Gasteiger partial charge in [0.2, 0.25) is 11.8 Å². The molecule has 0 aliphatic carbocycles. The number of esters is 1. The Hall–Kier alpha value is -5.54. The van der Waals surface area contributed by atoms with Crippen LogP contribution in [0.15, 0.2) is 36.5 Å². The number of ether oxygens (including phenoxy) is 3. The highest BCUT2D eigenvalue weighted by molar-refractivity contribution is 5.96. The van der Waals surface area contributed by atoms with Gasteiger partial charge >= 0.3 is 5.97 Å². The van der Waals surface area contributed by atoms with Gasteiger partial charge in [-0.1, -0.05) is 33.6 Å². The van der Waals surface area contributed by atoms with Gasteiger partial charge in [0.25, 0.3) is 11.8 Å². The number of aryl methyl sites for hydroxylation is 1. The van der Waals surface area contributed by atoms with Crippen molar-refractivity contribution in [3.8, 4) is 23.1 Å². The maximum atomic E-state index is 13.9. The second-order valence-electron chi connectivity index (χ2n) is 21.7. The quantitative estimate of drug-likeness (QED) is 0.134. The van der Waals surface area contributed by atoms with E-state index >= 15 is 0 Å². The molecule has 2 N–H and O–H groups in total. The topological polar surface area (TPSA) is 171 Å². The summed E-state index contributed by atoms with van der Waals surface area (Å²) in [5.74, 6) is 3.32. The molecule has 2 aromatic heterocycles. The second kappa shape index (κ2) is 23.1.